The zero-order valence-electron chi connectivity index (χ0n) is 20.5. The molecule has 3 heterocycles. The third-order valence-corrected chi connectivity index (χ3v) is 9.97. The lowest BCUT2D eigenvalue weighted by Crippen LogP contribution is -2.49. The Balaban J connectivity index is 1.02. The SMILES string of the molecule is O=C(/C=C/c1cc(F)cc(F)c1)N1CCN(CCCN2CCC3(CC2)c2ccccc2C[S+]3O)CC1. The van der Waals surface area contributed by atoms with Crippen molar-refractivity contribution in [1.82, 2.24) is 14.7 Å². The minimum atomic E-state index is -0.651. The maximum atomic E-state index is 13.3. The summed E-state index contributed by atoms with van der Waals surface area (Å²) >= 11 is -0.566. The summed E-state index contributed by atoms with van der Waals surface area (Å²) in [5, 5.41) is 0. The first-order chi connectivity index (χ1) is 17.4. The van der Waals surface area contributed by atoms with Crippen molar-refractivity contribution in [3.05, 3.63) is 76.9 Å². The maximum Gasteiger partial charge on any atom is 0.246 e. The maximum absolute atomic E-state index is 13.3. The predicted molar refractivity (Wildman–Crippen MR) is 141 cm³/mol. The van der Waals surface area contributed by atoms with Crippen molar-refractivity contribution in [2.24, 2.45) is 0 Å². The van der Waals surface area contributed by atoms with E-state index >= 15 is 0 Å². The molecule has 3 aliphatic heterocycles. The van der Waals surface area contributed by atoms with E-state index in [-0.39, 0.29) is 10.7 Å². The van der Waals surface area contributed by atoms with Gasteiger partial charge in [-0.15, -0.1) is 0 Å². The van der Waals surface area contributed by atoms with E-state index in [0.717, 1.165) is 70.4 Å². The lowest BCUT2D eigenvalue weighted by molar-refractivity contribution is -0.127. The molecule has 5 nitrogen and oxygen atoms in total. The summed E-state index contributed by atoms with van der Waals surface area (Å²) < 4.78 is 37.5. The molecule has 1 amide bonds. The molecule has 0 aromatic heterocycles. The Morgan fingerprint density at radius 3 is 2.28 bits per heavy atom. The van der Waals surface area contributed by atoms with Crippen molar-refractivity contribution in [1.29, 1.82) is 0 Å². The Morgan fingerprint density at radius 1 is 0.944 bits per heavy atom. The van der Waals surface area contributed by atoms with Gasteiger partial charge in [-0.25, -0.2) is 8.78 Å². The smallest absolute Gasteiger partial charge is 0.246 e. The van der Waals surface area contributed by atoms with E-state index in [1.807, 2.05) is 0 Å². The fourth-order valence-corrected chi connectivity index (χ4v) is 7.73. The summed E-state index contributed by atoms with van der Waals surface area (Å²) in [4.78, 5) is 19.2. The number of piperidine rings is 1. The van der Waals surface area contributed by atoms with Gasteiger partial charge in [-0.05, 0) is 43.3 Å². The van der Waals surface area contributed by atoms with Crippen LogP contribution in [0.25, 0.3) is 6.08 Å². The van der Waals surface area contributed by atoms with E-state index in [9.17, 15) is 18.1 Å². The Hall–Kier alpha value is -2.26. The number of carbonyl (C=O) groups is 1. The van der Waals surface area contributed by atoms with Crippen LogP contribution in [0.4, 0.5) is 8.78 Å². The van der Waals surface area contributed by atoms with E-state index in [1.165, 1.54) is 35.4 Å². The number of rotatable bonds is 6. The van der Waals surface area contributed by atoms with Crippen LogP contribution in [-0.4, -0.2) is 77.5 Å². The van der Waals surface area contributed by atoms with Gasteiger partial charge in [-0.2, -0.15) is 4.55 Å². The molecule has 3 aliphatic rings. The van der Waals surface area contributed by atoms with Gasteiger partial charge in [-0.1, -0.05) is 24.3 Å². The first-order valence-electron chi connectivity index (χ1n) is 12.8. The van der Waals surface area contributed by atoms with Crippen molar-refractivity contribution >= 4 is 23.2 Å². The summed E-state index contributed by atoms with van der Waals surface area (Å²) in [6, 6.07) is 11.8. The van der Waals surface area contributed by atoms with Gasteiger partial charge in [0, 0.05) is 75.4 Å². The second-order valence-electron chi connectivity index (χ2n) is 10.1. The van der Waals surface area contributed by atoms with Crippen molar-refractivity contribution in [2.75, 3.05) is 52.4 Å². The lowest BCUT2D eigenvalue weighted by atomic mass is 9.86. The second kappa shape index (κ2) is 11.0. The van der Waals surface area contributed by atoms with Crippen molar-refractivity contribution < 1.29 is 18.1 Å². The standard InChI is InChI=1S/C28H34F2N3O2S/c29-24-18-22(19-25(30)20-24)6-7-27(34)33-16-14-32(15-17-33)11-3-10-31-12-8-28(9-13-31)26-5-2-1-4-23(26)21-36(28)35/h1-2,4-7,18-20,35H,3,8-17,21H2/q+1/b7-6+. The molecule has 1 unspecified atom stereocenters. The molecule has 36 heavy (non-hydrogen) atoms. The fourth-order valence-electron chi connectivity index (χ4n) is 5.80. The number of hydrogen-bond donors (Lipinski definition) is 1. The predicted octanol–water partition coefficient (Wildman–Crippen LogP) is 4.11. The fraction of sp³-hybridized carbons (Fsp3) is 0.464. The Bertz CT molecular complexity index is 1090. The molecular weight excluding hydrogens is 480 g/mol. The molecule has 0 bridgehead atoms. The van der Waals surface area contributed by atoms with Crippen LogP contribution in [0.2, 0.25) is 0 Å². The van der Waals surface area contributed by atoms with Gasteiger partial charge in [0.05, 0.1) is 0 Å². The molecule has 1 atom stereocenters. The number of hydrogen-bond acceptors (Lipinski definition) is 4. The molecule has 2 saturated heterocycles. The van der Waals surface area contributed by atoms with E-state index in [0.29, 0.717) is 18.7 Å². The monoisotopic (exact) mass is 514 g/mol. The highest BCUT2D eigenvalue weighted by atomic mass is 32.2. The van der Waals surface area contributed by atoms with Crippen LogP contribution in [0.3, 0.4) is 0 Å². The Kier molecular flexibility index (Phi) is 7.76. The number of piperazine rings is 1. The van der Waals surface area contributed by atoms with Crippen LogP contribution in [0.5, 0.6) is 0 Å². The number of likely N-dealkylation sites (tertiary alicyclic amines) is 1. The molecule has 1 spiro atoms. The highest BCUT2D eigenvalue weighted by Gasteiger charge is 2.56. The van der Waals surface area contributed by atoms with Gasteiger partial charge < -0.3 is 9.80 Å². The number of carbonyl (C=O) groups excluding carboxylic acids is 1. The zero-order valence-corrected chi connectivity index (χ0v) is 21.4. The normalized spacial score (nSPS) is 22.4. The van der Waals surface area contributed by atoms with Crippen LogP contribution < -0.4 is 0 Å². The Labute approximate surface area is 214 Å². The minimum Gasteiger partial charge on any atom is -0.337 e. The molecule has 8 heteroatoms. The Morgan fingerprint density at radius 2 is 1.58 bits per heavy atom. The van der Waals surface area contributed by atoms with E-state index in [4.69, 9.17) is 0 Å². The van der Waals surface area contributed by atoms with Gasteiger partial charge in [0.15, 0.2) is 21.7 Å². The van der Waals surface area contributed by atoms with Crippen molar-refractivity contribution in [3.63, 3.8) is 0 Å². The van der Waals surface area contributed by atoms with Crippen LogP contribution in [0.15, 0.2) is 48.5 Å². The number of fused-ring (bicyclic) bond motifs is 2. The van der Waals surface area contributed by atoms with Crippen LogP contribution in [-0.2, 0) is 26.5 Å². The first-order valence-corrected chi connectivity index (χ1v) is 14.1. The summed E-state index contributed by atoms with van der Waals surface area (Å²) in [5.41, 5.74) is 3.05. The molecule has 5 rings (SSSR count). The zero-order chi connectivity index (χ0) is 25.1. The molecule has 2 aromatic rings. The third-order valence-electron chi connectivity index (χ3n) is 7.85. The van der Waals surface area contributed by atoms with E-state index in [2.05, 4.69) is 34.1 Å². The molecular formula is C28H34F2N3O2S+. The first kappa shape index (κ1) is 25.4. The largest absolute Gasteiger partial charge is 0.337 e. The average Bonchev–Trinajstić information content (AvgIpc) is 3.14. The summed E-state index contributed by atoms with van der Waals surface area (Å²) in [6.07, 6.45) is 6.01. The van der Waals surface area contributed by atoms with Gasteiger partial charge in [0.25, 0.3) is 0 Å². The summed E-state index contributed by atoms with van der Waals surface area (Å²) in [5.74, 6) is -0.620. The van der Waals surface area contributed by atoms with E-state index < -0.39 is 22.8 Å². The van der Waals surface area contributed by atoms with Crippen molar-refractivity contribution in [3.8, 4) is 0 Å². The minimum absolute atomic E-state index is 0.0345. The van der Waals surface area contributed by atoms with Crippen LogP contribution in [0, 0.1) is 11.6 Å². The van der Waals surface area contributed by atoms with Crippen LogP contribution in [0.1, 0.15) is 36.0 Å². The topological polar surface area (TPSA) is 47.0 Å². The van der Waals surface area contributed by atoms with E-state index in [1.54, 1.807) is 4.90 Å². The molecule has 2 fully saturated rings. The number of halogens is 2. The third kappa shape index (κ3) is 5.52. The van der Waals surface area contributed by atoms with Crippen molar-refractivity contribution in [2.45, 2.75) is 29.8 Å². The molecule has 1 N–H and O–H groups in total. The molecule has 2 aromatic carbocycles. The molecule has 192 valence electrons. The van der Waals surface area contributed by atoms with Gasteiger partial charge in [0.1, 0.15) is 11.6 Å². The molecule has 0 saturated carbocycles. The van der Waals surface area contributed by atoms with Gasteiger partial charge in [-0.3, -0.25) is 9.69 Å². The quantitative estimate of drug-likeness (QED) is 0.466. The summed E-state index contributed by atoms with van der Waals surface area (Å²) in [6.45, 7) is 7.11. The summed E-state index contributed by atoms with van der Waals surface area (Å²) in [7, 11) is 0. The van der Waals surface area contributed by atoms with Gasteiger partial charge >= 0.3 is 0 Å². The highest BCUT2D eigenvalue weighted by molar-refractivity contribution is 7.92. The lowest BCUT2D eigenvalue weighted by Gasteiger charge is -2.37. The number of amides is 1. The average molecular weight is 515 g/mol. The molecule has 0 radical (unpaired) electrons. The second-order valence-corrected chi connectivity index (χ2v) is 11.9. The van der Waals surface area contributed by atoms with Crippen LogP contribution >= 0.6 is 0 Å². The number of nitrogens with zero attached hydrogens (tertiary/aromatic N) is 3. The highest BCUT2D eigenvalue weighted by Crippen LogP contribution is 2.48. The van der Waals surface area contributed by atoms with Gasteiger partial charge in [0.2, 0.25) is 5.91 Å². The number of benzene rings is 2. The molecule has 0 aliphatic carbocycles.